The van der Waals surface area contributed by atoms with E-state index in [2.05, 4.69) is 14.9 Å². The molecule has 0 saturated carbocycles. The van der Waals surface area contributed by atoms with Crippen LogP contribution < -0.4 is 4.90 Å². The van der Waals surface area contributed by atoms with Gasteiger partial charge in [0.2, 0.25) is 5.95 Å². The first kappa shape index (κ1) is 7.79. The summed E-state index contributed by atoms with van der Waals surface area (Å²) in [6.07, 6.45) is 4.21. The standard InChI is InChI=1S/C7H8FN3S/c8-12-6-4-9-7(10-5-6)11-2-1-3-11/h4-5H,1-3H2. The topological polar surface area (TPSA) is 29.0 Å². The van der Waals surface area contributed by atoms with E-state index in [-0.39, 0.29) is 12.1 Å². The zero-order valence-electron chi connectivity index (χ0n) is 6.40. The molecule has 3 nitrogen and oxygen atoms in total. The van der Waals surface area contributed by atoms with Gasteiger partial charge in [0.25, 0.3) is 0 Å². The van der Waals surface area contributed by atoms with Gasteiger partial charge < -0.3 is 4.90 Å². The van der Waals surface area contributed by atoms with Gasteiger partial charge in [0, 0.05) is 25.5 Å². The van der Waals surface area contributed by atoms with Crippen molar-refractivity contribution in [3.05, 3.63) is 12.4 Å². The Kier molecular flexibility index (Phi) is 2.12. The van der Waals surface area contributed by atoms with Crippen molar-refractivity contribution in [1.82, 2.24) is 9.97 Å². The third-order valence-electron chi connectivity index (χ3n) is 1.84. The van der Waals surface area contributed by atoms with E-state index in [9.17, 15) is 3.89 Å². The highest BCUT2D eigenvalue weighted by Crippen LogP contribution is 2.19. The summed E-state index contributed by atoms with van der Waals surface area (Å²) in [5, 5.41) is 0. The molecule has 1 aliphatic rings. The van der Waals surface area contributed by atoms with Gasteiger partial charge in [0.15, 0.2) is 0 Å². The molecule has 0 spiro atoms. The van der Waals surface area contributed by atoms with Gasteiger partial charge in [-0.15, -0.1) is 0 Å². The molecule has 0 aromatic carbocycles. The molecular formula is C7H8FN3S. The average molecular weight is 185 g/mol. The first-order valence-electron chi connectivity index (χ1n) is 3.76. The summed E-state index contributed by atoms with van der Waals surface area (Å²) in [5.41, 5.74) is 0. The number of rotatable bonds is 2. The largest absolute Gasteiger partial charge is 0.341 e. The third kappa shape index (κ3) is 1.36. The minimum atomic E-state index is 0.171. The summed E-state index contributed by atoms with van der Waals surface area (Å²) in [6, 6.07) is 0. The first-order valence-corrected chi connectivity index (χ1v) is 4.47. The normalized spacial score (nSPS) is 15.9. The number of anilines is 1. The van der Waals surface area contributed by atoms with Crippen LogP contribution in [-0.2, 0) is 0 Å². The van der Waals surface area contributed by atoms with Crippen molar-refractivity contribution in [2.75, 3.05) is 18.0 Å². The first-order chi connectivity index (χ1) is 5.90. The quantitative estimate of drug-likeness (QED) is 0.700. The maximum Gasteiger partial charge on any atom is 0.225 e. The number of hydrogen-bond donors (Lipinski definition) is 0. The molecule has 0 atom stereocenters. The summed E-state index contributed by atoms with van der Waals surface area (Å²) in [4.78, 5) is 10.6. The highest BCUT2D eigenvalue weighted by Gasteiger charge is 2.16. The second kappa shape index (κ2) is 3.26. The van der Waals surface area contributed by atoms with E-state index in [0.29, 0.717) is 10.8 Å². The zero-order valence-corrected chi connectivity index (χ0v) is 7.22. The molecule has 1 fully saturated rings. The van der Waals surface area contributed by atoms with Crippen molar-refractivity contribution in [1.29, 1.82) is 0 Å². The van der Waals surface area contributed by atoms with Crippen LogP contribution in [0.15, 0.2) is 17.3 Å². The van der Waals surface area contributed by atoms with Crippen molar-refractivity contribution < 1.29 is 3.89 Å². The Morgan fingerprint density at radius 1 is 1.33 bits per heavy atom. The predicted molar refractivity (Wildman–Crippen MR) is 45.8 cm³/mol. The van der Waals surface area contributed by atoms with Crippen LogP contribution in [0.4, 0.5) is 9.83 Å². The second-order valence-corrected chi connectivity index (χ2v) is 3.26. The molecule has 0 aliphatic carbocycles. The molecule has 0 unspecified atom stereocenters. The molecule has 1 aliphatic heterocycles. The second-order valence-electron chi connectivity index (χ2n) is 2.64. The molecule has 12 heavy (non-hydrogen) atoms. The number of halogens is 1. The number of nitrogens with zero attached hydrogens (tertiary/aromatic N) is 3. The summed E-state index contributed by atoms with van der Waals surface area (Å²) in [6.45, 7) is 2.03. The van der Waals surface area contributed by atoms with Crippen LogP contribution in [0.3, 0.4) is 0 Å². The molecule has 0 N–H and O–H groups in total. The van der Waals surface area contributed by atoms with Crippen LogP contribution in [0, 0.1) is 0 Å². The molecule has 0 radical (unpaired) electrons. The van der Waals surface area contributed by atoms with Gasteiger partial charge >= 0.3 is 0 Å². The zero-order chi connectivity index (χ0) is 8.39. The van der Waals surface area contributed by atoms with E-state index in [1.54, 1.807) is 0 Å². The Morgan fingerprint density at radius 2 is 2.00 bits per heavy atom. The highest BCUT2D eigenvalue weighted by molar-refractivity contribution is 7.94. The lowest BCUT2D eigenvalue weighted by Gasteiger charge is -2.30. The monoisotopic (exact) mass is 185 g/mol. The molecule has 1 aromatic heterocycles. The third-order valence-corrected chi connectivity index (χ3v) is 2.23. The van der Waals surface area contributed by atoms with Crippen molar-refractivity contribution >= 4 is 18.1 Å². The minimum absolute atomic E-state index is 0.171. The Bertz CT molecular complexity index is 260. The van der Waals surface area contributed by atoms with Crippen LogP contribution >= 0.6 is 12.1 Å². The minimum Gasteiger partial charge on any atom is -0.341 e. The van der Waals surface area contributed by atoms with E-state index in [4.69, 9.17) is 0 Å². The van der Waals surface area contributed by atoms with E-state index in [1.165, 1.54) is 18.8 Å². The van der Waals surface area contributed by atoms with Crippen LogP contribution in [0.1, 0.15) is 6.42 Å². The van der Waals surface area contributed by atoms with E-state index in [1.807, 2.05) is 0 Å². The van der Waals surface area contributed by atoms with Crippen molar-refractivity contribution in [2.45, 2.75) is 11.3 Å². The van der Waals surface area contributed by atoms with Gasteiger partial charge in [-0.05, 0) is 6.42 Å². The fourth-order valence-corrected chi connectivity index (χ4v) is 1.21. The lowest BCUT2D eigenvalue weighted by molar-refractivity contribution is 0.599. The summed E-state index contributed by atoms with van der Waals surface area (Å²) < 4.78 is 12.0. The molecule has 1 saturated heterocycles. The summed E-state index contributed by atoms with van der Waals surface area (Å²) >= 11 is 0.171. The lowest BCUT2D eigenvalue weighted by Crippen LogP contribution is -2.38. The Morgan fingerprint density at radius 3 is 2.42 bits per heavy atom. The fraction of sp³-hybridized carbons (Fsp3) is 0.429. The van der Waals surface area contributed by atoms with Gasteiger partial charge in [-0.1, -0.05) is 0 Å². The number of hydrogen-bond acceptors (Lipinski definition) is 4. The van der Waals surface area contributed by atoms with Crippen molar-refractivity contribution in [3.63, 3.8) is 0 Å². The maximum absolute atomic E-state index is 12.0. The SMILES string of the molecule is FSc1cnc(N2CCC2)nc1. The van der Waals surface area contributed by atoms with Crippen molar-refractivity contribution in [3.8, 4) is 0 Å². The molecule has 2 heterocycles. The van der Waals surface area contributed by atoms with Gasteiger partial charge in [-0.3, -0.25) is 0 Å². The maximum atomic E-state index is 12.0. The number of aromatic nitrogens is 2. The molecule has 0 bridgehead atoms. The Labute approximate surface area is 74.3 Å². The van der Waals surface area contributed by atoms with E-state index < -0.39 is 0 Å². The molecule has 0 amide bonds. The highest BCUT2D eigenvalue weighted by atomic mass is 32.2. The van der Waals surface area contributed by atoms with Gasteiger partial charge in [-0.25, -0.2) is 9.97 Å². The fourth-order valence-electron chi connectivity index (χ4n) is 1.03. The van der Waals surface area contributed by atoms with Gasteiger partial charge in [0.05, 0.1) is 17.0 Å². The Hall–Kier alpha value is -0.840. The average Bonchev–Trinajstić information content (AvgIpc) is 2.03. The van der Waals surface area contributed by atoms with E-state index >= 15 is 0 Å². The summed E-state index contributed by atoms with van der Waals surface area (Å²) in [5.74, 6) is 0.707. The van der Waals surface area contributed by atoms with Crippen LogP contribution in [0.5, 0.6) is 0 Å². The van der Waals surface area contributed by atoms with E-state index in [0.717, 1.165) is 13.1 Å². The van der Waals surface area contributed by atoms with Crippen LogP contribution in [-0.4, -0.2) is 23.1 Å². The molecule has 64 valence electrons. The van der Waals surface area contributed by atoms with Crippen LogP contribution in [0.25, 0.3) is 0 Å². The smallest absolute Gasteiger partial charge is 0.225 e. The molecule has 2 rings (SSSR count). The summed E-state index contributed by atoms with van der Waals surface area (Å²) in [7, 11) is 0. The predicted octanol–water partition coefficient (Wildman–Crippen LogP) is 1.66. The molecular weight excluding hydrogens is 177 g/mol. The van der Waals surface area contributed by atoms with Gasteiger partial charge in [-0.2, -0.15) is 3.89 Å². The van der Waals surface area contributed by atoms with Crippen molar-refractivity contribution in [2.24, 2.45) is 0 Å². The lowest BCUT2D eigenvalue weighted by atomic mass is 10.2. The molecule has 1 aromatic rings. The molecule has 5 heteroatoms. The Balaban J connectivity index is 2.13. The van der Waals surface area contributed by atoms with Gasteiger partial charge in [0.1, 0.15) is 0 Å². The van der Waals surface area contributed by atoms with Crippen LogP contribution in [0.2, 0.25) is 0 Å².